The second-order valence-electron chi connectivity index (χ2n) is 6.40. The number of nitrogens with one attached hydrogen (secondary N) is 1. The van der Waals surface area contributed by atoms with Crippen molar-refractivity contribution < 1.29 is 9.66 Å². The van der Waals surface area contributed by atoms with E-state index < -0.39 is 4.92 Å². The number of hydrogen-bond donors (Lipinski definition) is 1. The lowest BCUT2D eigenvalue weighted by Crippen LogP contribution is -2.18. The van der Waals surface area contributed by atoms with Crippen LogP contribution in [0.25, 0.3) is 10.9 Å². The van der Waals surface area contributed by atoms with E-state index in [-0.39, 0.29) is 17.1 Å². The van der Waals surface area contributed by atoms with E-state index >= 15 is 0 Å². The first-order valence-electron chi connectivity index (χ1n) is 8.74. The Hall–Kier alpha value is -2.71. The number of fused-ring (bicyclic) bond motifs is 1. The first kappa shape index (κ1) is 17.7. The van der Waals surface area contributed by atoms with Gasteiger partial charge in [0.2, 0.25) is 0 Å². The Morgan fingerprint density at radius 1 is 1.37 bits per heavy atom. The van der Waals surface area contributed by atoms with Crippen LogP contribution >= 0.6 is 11.6 Å². The van der Waals surface area contributed by atoms with Crippen molar-refractivity contribution in [3.05, 3.63) is 57.5 Å². The molecule has 1 aromatic carbocycles. The molecule has 0 aliphatic carbocycles. The Morgan fingerprint density at radius 3 is 3.04 bits per heavy atom. The van der Waals surface area contributed by atoms with Gasteiger partial charge in [0.15, 0.2) is 11.4 Å². The van der Waals surface area contributed by atoms with Gasteiger partial charge in [0.05, 0.1) is 22.3 Å². The van der Waals surface area contributed by atoms with Gasteiger partial charge in [-0.3, -0.25) is 10.1 Å². The summed E-state index contributed by atoms with van der Waals surface area (Å²) in [7, 11) is 0. The summed E-state index contributed by atoms with van der Waals surface area (Å²) in [6, 6.07) is 7.36. The van der Waals surface area contributed by atoms with Crippen LogP contribution in [0.3, 0.4) is 0 Å². The summed E-state index contributed by atoms with van der Waals surface area (Å²) < 4.78 is 7.78. The molecule has 4 rings (SSSR count). The van der Waals surface area contributed by atoms with Crippen LogP contribution in [-0.4, -0.2) is 26.3 Å². The summed E-state index contributed by atoms with van der Waals surface area (Å²) in [5.74, 6) is 0. The van der Waals surface area contributed by atoms with E-state index in [2.05, 4.69) is 15.4 Å². The zero-order valence-electron chi connectivity index (χ0n) is 14.5. The highest BCUT2D eigenvalue weighted by Crippen LogP contribution is 2.29. The lowest BCUT2D eigenvalue weighted by atomic mass is 10.1. The maximum atomic E-state index is 10.9. The Kier molecular flexibility index (Phi) is 4.91. The van der Waals surface area contributed by atoms with Gasteiger partial charge in [-0.2, -0.15) is 5.10 Å². The molecule has 9 heteroatoms. The highest BCUT2D eigenvalue weighted by molar-refractivity contribution is 6.32. The average Bonchev–Trinajstić information content (AvgIpc) is 3.12. The summed E-state index contributed by atoms with van der Waals surface area (Å²) in [6.45, 7) is 1.20. The van der Waals surface area contributed by atoms with Crippen molar-refractivity contribution in [3.8, 4) is 0 Å². The fourth-order valence-corrected chi connectivity index (χ4v) is 3.45. The van der Waals surface area contributed by atoms with E-state index in [0.29, 0.717) is 12.2 Å². The Labute approximate surface area is 160 Å². The summed E-state index contributed by atoms with van der Waals surface area (Å²) in [4.78, 5) is 14.3. The quantitative estimate of drug-likeness (QED) is 0.398. The van der Waals surface area contributed by atoms with Crippen molar-refractivity contribution >= 4 is 33.9 Å². The zero-order valence-corrected chi connectivity index (χ0v) is 15.2. The summed E-state index contributed by atoms with van der Waals surface area (Å²) in [5, 5.41) is 19.8. The number of nitro groups is 1. The lowest BCUT2D eigenvalue weighted by Gasteiger charge is -2.23. The van der Waals surface area contributed by atoms with Crippen LogP contribution in [0.4, 0.5) is 11.4 Å². The molecule has 2 aromatic heterocycles. The maximum absolute atomic E-state index is 10.9. The van der Waals surface area contributed by atoms with E-state index in [1.165, 1.54) is 6.07 Å². The molecule has 1 aliphatic heterocycles. The van der Waals surface area contributed by atoms with Crippen molar-refractivity contribution in [2.24, 2.45) is 0 Å². The molecule has 1 unspecified atom stereocenters. The minimum Gasteiger partial charge on any atom is -0.378 e. The molecule has 140 valence electrons. The Morgan fingerprint density at radius 2 is 2.26 bits per heavy atom. The molecule has 1 fully saturated rings. The first-order chi connectivity index (χ1) is 13.1. The van der Waals surface area contributed by atoms with Gasteiger partial charge in [0, 0.05) is 24.6 Å². The molecular weight excluding hydrogens is 370 g/mol. The number of nitrogens with zero attached hydrogens (tertiary/aromatic N) is 4. The van der Waals surface area contributed by atoms with Gasteiger partial charge in [0.1, 0.15) is 6.20 Å². The average molecular weight is 388 g/mol. The molecule has 1 atom stereocenters. The van der Waals surface area contributed by atoms with E-state index in [1.54, 1.807) is 0 Å². The summed E-state index contributed by atoms with van der Waals surface area (Å²) >= 11 is 6.06. The van der Waals surface area contributed by atoms with E-state index in [1.807, 2.05) is 29.1 Å². The predicted octanol–water partition coefficient (Wildman–Crippen LogP) is 4.30. The Bertz CT molecular complexity index is 984. The predicted molar refractivity (Wildman–Crippen MR) is 102 cm³/mol. The van der Waals surface area contributed by atoms with Crippen molar-refractivity contribution in [2.45, 2.75) is 32.0 Å². The van der Waals surface area contributed by atoms with Crippen LogP contribution in [0, 0.1) is 10.1 Å². The number of hydrogen-bond acceptors (Lipinski definition) is 6. The van der Waals surface area contributed by atoms with Crippen LogP contribution in [-0.2, 0) is 11.3 Å². The van der Waals surface area contributed by atoms with Crippen molar-refractivity contribution in [1.29, 1.82) is 0 Å². The first-order valence-corrected chi connectivity index (χ1v) is 9.12. The molecule has 0 bridgehead atoms. The van der Waals surface area contributed by atoms with Gasteiger partial charge in [0.25, 0.3) is 5.69 Å². The van der Waals surface area contributed by atoms with Crippen LogP contribution in [0.15, 0.2) is 36.7 Å². The maximum Gasteiger partial charge on any atom is 0.289 e. The molecule has 0 amide bonds. The van der Waals surface area contributed by atoms with Gasteiger partial charge in [-0.05, 0) is 30.9 Å². The number of ether oxygens (including phenoxy) is 1. The third-order valence-electron chi connectivity index (χ3n) is 4.66. The fourth-order valence-electron chi connectivity index (χ4n) is 3.28. The number of pyridine rings is 1. The number of benzene rings is 1. The molecule has 3 aromatic rings. The fraction of sp³-hybridized carbons (Fsp3) is 0.333. The largest absolute Gasteiger partial charge is 0.378 e. The molecule has 0 saturated carbocycles. The lowest BCUT2D eigenvalue weighted by molar-refractivity contribution is -0.385. The zero-order chi connectivity index (χ0) is 18.8. The van der Waals surface area contributed by atoms with E-state index in [9.17, 15) is 10.1 Å². The molecule has 0 spiro atoms. The van der Waals surface area contributed by atoms with Crippen LogP contribution in [0.2, 0.25) is 5.15 Å². The number of aromatic nitrogens is 3. The minimum atomic E-state index is -0.497. The topological polar surface area (TPSA) is 95.1 Å². The van der Waals surface area contributed by atoms with Gasteiger partial charge >= 0.3 is 0 Å². The summed E-state index contributed by atoms with van der Waals surface area (Å²) in [5.41, 5.74) is 2.33. The van der Waals surface area contributed by atoms with E-state index in [0.717, 1.165) is 48.5 Å². The second kappa shape index (κ2) is 7.50. The minimum absolute atomic E-state index is 0.0325. The highest BCUT2D eigenvalue weighted by atomic mass is 35.5. The van der Waals surface area contributed by atoms with Crippen LogP contribution in [0.1, 0.15) is 31.1 Å². The normalized spacial score (nSPS) is 17.1. The SMILES string of the molecule is O=[N+]([O-])c1cnc(Cl)c(NCc2cccc3c2cnn3C2CCCCO2)c1. The van der Waals surface area contributed by atoms with E-state index in [4.69, 9.17) is 16.3 Å². The molecule has 1 aliphatic rings. The molecule has 1 N–H and O–H groups in total. The van der Waals surface area contributed by atoms with Crippen molar-refractivity contribution in [1.82, 2.24) is 14.8 Å². The van der Waals surface area contributed by atoms with Crippen molar-refractivity contribution in [2.75, 3.05) is 11.9 Å². The molecule has 27 heavy (non-hydrogen) atoms. The standard InChI is InChI=1S/C18H18ClN5O3/c19-18-15(8-13(10-21-18)24(25)26)20-9-12-4-3-5-16-14(12)11-22-23(16)17-6-1-2-7-27-17/h3-5,8,10-11,17,20H,1-2,6-7,9H2. The smallest absolute Gasteiger partial charge is 0.289 e. The molecule has 8 nitrogen and oxygen atoms in total. The highest BCUT2D eigenvalue weighted by Gasteiger charge is 2.19. The summed E-state index contributed by atoms with van der Waals surface area (Å²) in [6.07, 6.45) is 6.11. The third kappa shape index (κ3) is 3.58. The molecule has 0 radical (unpaired) electrons. The number of halogens is 1. The molecule has 3 heterocycles. The van der Waals surface area contributed by atoms with Gasteiger partial charge in [-0.25, -0.2) is 9.67 Å². The molecule has 1 saturated heterocycles. The van der Waals surface area contributed by atoms with Gasteiger partial charge < -0.3 is 10.1 Å². The third-order valence-corrected chi connectivity index (χ3v) is 4.97. The number of anilines is 1. The van der Waals surface area contributed by atoms with Crippen LogP contribution in [0.5, 0.6) is 0 Å². The number of rotatable bonds is 5. The van der Waals surface area contributed by atoms with Gasteiger partial charge in [-0.1, -0.05) is 23.7 Å². The Balaban J connectivity index is 1.59. The van der Waals surface area contributed by atoms with Crippen LogP contribution < -0.4 is 5.32 Å². The molecular formula is C18H18ClN5O3. The van der Waals surface area contributed by atoms with Gasteiger partial charge in [-0.15, -0.1) is 0 Å². The van der Waals surface area contributed by atoms with Crippen molar-refractivity contribution in [3.63, 3.8) is 0 Å². The monoisotopic (exact) mass is 387 g/mol. The second-order valence-corrected chi connectivity index (χ2v) is 6.76.